The lowest BCUT2D eigenvalue weighted by Gasteiger charge is -2.04. The quantitative estimate of drug-likeness (QED) is 0.830. The normalized spacial score (nSPS) is 9.83. The number of phenolic OH excluding ortho intramolecular Hbond substituents is 1. The van der Waals surface area contributed by atoms with Crippen molar-refractivity contribution in [1.29, 1.82) is 0 Å². The Morgan fingerprint density at radius 1 is 1.50 bits per heavy atom. The molecule has 1 aromatic carbocycles. The first-order chi connectivity index (χ1) is 5.74. The molecule has 0 aromatic heterocycles. The van der Waals surface area contributed by atoms with Gasteiger partial charge in [0.15, 0.2) is 0 Å². The Balaban J connectivity index is 2.69. The van der Waals surface area contributed by atoms with E-state index < -0.39 is 0 Å². The average molecular weight is 232 g/mol. The first-order valence-electron chi connectivity index (χ1n) is 3.55. The number of halogens is 1. The number of aromatic hydroxyl groups is 1. The first kappa shape index (κ1) is 9.35. The van der Waals surface area contributed by atoms with E-state index in [4.69, 9.17) is 15.6 Å². The van der Waals surface area contributed by atoms with Crippen LogP contribution in [-0.4, -0.2) is 18.3 Å². The molecule has 0 spiro atoms. The van der Waals surface area contributed by atoms with Gasteiger partial charge in [0, 0.05) is 6.54 Å². The summed E-state index contributed by atoms with van der Waals surface area (Å²) >= 11 is 3.18. The van der Waals surface area contributed by atoms with Crippen molar-refractivity contribution in [2.24, 2.45) is 5.73 Å². The molecule has 3 nitrogen and oxygen atoms in total. The summed E-state index contributed by atoms with van der Waals surface area (Å²) in [6.45, 7) is 0.968. The van der Waals surface area contributed by atoms with Crippen molar-refractivity contribution in [2.45, 2.75) is 0 Å². The summed E-state index contributed by atoms with van der Waals surface area (Å²) in [6.07, 6.45) is 0. The molecule has 12 heavy (non-hydrogen) atoms. The third-order valence-corrected chi connectivity index (χ3v) is 1.94. The molecule has 0 fully saturated rings. The fourth-order valence-electron chi connectivity index (χ4n) is 0.754. The summed E-state index contributed by atoms with van der Waals surface area (Å²) < 4.78 is 5.85. The molecule has 0 aliphatic heterocycles. The van der Waals surface area contributed by atoms with E-state index in [2.05, 4.69) is 15.9 Å². The molecule has 66 valence electrons. The molecule has 0 bridgehead atoms. The SMILES string of the molecule is NCCOc1ccc(O)c(Br)c1. The zero-order valence-corrected chi connectivity index (χ0v) is 8.04. The minimum atomic E-state index is 0.204. The second kappa shape index (κ2) is 4.33. The third kappa shape index (κ3) is 2.39. The molecule has 1 aromatic rings. The van der Waals surface area contributed by atoms with Crippen LogP contribution in [0.3, 0.4) is 0 Å². The fraction of sp³-hybridized carbons (Fsp3) is 0.250. The Kier molecular flexibility index (Phi) is 3.37. The van der Waals surface area contributed by atoms with Crippen molar-refractivity contribution in [3.63, 3.8) is 0 Å². The average Bonchev–Trinajstić information content (AvgIpc) is 2.07. The van der Waals surface area contributed by atoms with Crippen molar-refractivity contribution in [1.82, 2.24) is 0 Å². The highest BCUT2D eigenvalue weighted by molar-refractivity contribution is 9.10. The smallest absolute Gasteiger partial charge is 0.130 e. The van der Waals surface area contributed by atoms with Crippen LogP contribution in [-0.2, 0) is 0 Å². The lowest BCUT2D eigenvalue weighted by molar-refractivity contribution is 0.327. The van der Waals surface area contributed by atoms with E-state index in [0.717, 1.165) is 0 Å². The van der Waals surface area contributed by atoms with Gasteiger partial charge in [0.25, 0.3) is 0 Å². The maximum Gasteiger partial charge on any atom is 0.130 e. The van der Waals surface area contributed by atoms with Crippen LogP contribution in [0.15, 0.2) is 22.7 Å². The highest BCUT2D eigenvalue weighted by Crippen LogP contribution is 2.27. The van der Waals surface area contributed by atoms with Crippen LogP contribution >= 0.6 is 15.9 Å². The number of ether oxygens (including phenoxy) is 1. The van der Waals surface area contributed by atoms with Crippen molar-refractivity contribution >= 4 is 15.9 Å². The molecule has 3 N–H and O–H groups in total. The number of phenols is 1. The van der Waals surface area contributed by atoms with E-state index in [1.807, 2.05) is 0 Å². The molecule has 0 saturated heterocycles. The van der Waals surface area contributed by atoms with Gasteiger partial charge < -0.3 is 15.6 Å². The van der Waals surface area contributed by atoms with Gasteiger partial charge in [-0.05, 0) is 34.1 Å². The van der Waals surface area contributed by atoms with Crippen molar-refractivity contribution < 1.29 is 9.84 Å². The topological polar surface area (TPSA) is 55.5 Å². The van der Waals surface area contributed by atoms with Gasteiger partial charge in [-0.2, -0.15) is 0 Å². The van der Waals surface area contributed by atoms with E-state index in [0.29, 0.717) is 23.4 Å². The van der Waals surface area contributed by atoms with E-state index in [1.54, 1.807) is 18.2 Å². The van der Waals surface area contributed by atoms with Crippen LogP contribution < -0.4 is 10.5 Å². The van der Waals surface area contributed by atoms with Gasteiger partial charge in [-0.3, -0.25) is 0 Å². The fourth-order valence-corrected chi connectivity index (χ4v) is 1.11. The third-order valence-electron chi connectivity index (χ3n) is 1.31. The minimum Gasteiger partial charge on any atom is -0.507 e. The second-order valence-electron chi connectivity index (χ2n) is 2.25. The molecule has 0 unspecified atom stereocenters. The summed E-state index contributed by atoms with van der Waals surface area (Å²) in [5.74, 6) is 0.903. The largest absolute Gasteiger partial charge is 0.507 e. The second-order valence-corrected chi connectivity index (χ2v) is 3.10. The zero-order chi connectivity index (χ0) is 8.97. The van der Waals surface area contributed by atoms with Gasteiger partial charge in [0.2, 0.25) is 0 Å². The molecule has 0 amide bonds. The maximum absolute atomic E-state index is 9.14. The Morgan fingerprint density at radius 2 is 2.25 bits per heavy atom. The van der Waals surface area contributed by atoms with Crippen LogP contribution in [0.2, 0.25) is 0 Å². The monoisotopic (exact) mass is 231 g/mol. The van der Waals surface area contributed by atoms with Crippen LogP contribution in [0.4, 0.5) is 0 Å². The molecular formula is C8H10BrNO2. The number of hydrogen-bond donors (Lipinski definition) is 2. The molecule has 4 heteroatoms. The Morgan fingerprint density at radius 3 is 2.83 bits per heavy atom. The molecule has 0 saturated carbocycles. The van der Waals surface area contributed by atoms with Gasteiger partial charge in [-0.1, -0.05) is 0 Å². The molecule has 1 rings (SSSR count). The summed E-state index contributed by atoms with van der Waals surface area (Å²) in [7, 11) is 0. The summed E-state index contributed by atoms with van der Waals surface area (Å²) in [6, 6.07) is 4.96. The maximum atomic E-state index is 9.14. The highest BCUT2D eigenvalue weighted by Gasteiger charge is 1.98. The van der Waals surface area contributed by atoms with E-state index in [1.165, 1.54) is 0 Å². The van der Waals surface area contributed by atoms with E-state index >= 15 is 0 Å². The lowest BCUT2D eigenvalue weighted by Crippen LogP contribution is -2.10. The van der Waals surface area contributed by atoms with Gasteiger partial charge in [-0.15, -0.1) is 0 Å². The van der Waals surface area contributed by atoms with Crippen LogP contribution in [0, 0.1) is 0 Å². The van der Waals surface area contributed by atoms with Crippen molar-refractivity contribution in [3.05, 3.63) is 22.7 Å². The molecule has 0 aliphatic carbocycles. The molecular weight excluding hydrogens is 222 g/mol. The van der Waals surface area contributed by atoms with Crippen LogP contribution in [0.25, 0.3) is 0 Å². The lowest BCUT2D eigenvalue weighted by atomic mass is 10.3. The van der Waals surface area contributed by atoms with E-state index in [9.17, 15) is 0 Å². The highest BCUT2D eigenvalue weighted by atomic mass is 79.9. The van der Waals surface area contributed by atoms with Crippen molar-refractivity contribution in [3.8, 4) is 11.5 Å². The minimum absolute atomic E-state index is 0.204. The van der Waals surface area contributed by atoms with Gasteiger partial charge in [0.05, 0.1) is 4.47 Å². The zero-order valence-electron chi connectivity index (χ0n) is 6.46. The van der Waals surface area contributed by atoms with Crippen LogP contribution in [0.5, 0.6) is 11.5 Å². The first-order valence-corrected chi connectivity index (χ1v) is 4.34. The van der Waals surface area contributed by atoms with E-state index in [-0.39, 0.29) is 5.75 Å². The van der Waals surface area contributed by atoms with Gasteiger partial charge >= 0.3 is 0 Å². The Labute approximate surface area is 79.3 Å². The number of hydrogen-bond acceptors (Lipinski definition) is 3. The van der Waals surface area contributed by atoms with Gasteiger partial charge in [-0.25, -0.2) is 0 Å². The predicted octanol–water partition coefficient (Wildman–Crippen LogP) is 1.49. The molecule has 0 atom stereocenters. The molecule has 0 radical (unpaired) electrons. The Hall–Kier alpha value is -0.740. The number of benzene rings is 1. The summed E-state index contributed by atoms with van der Waals surface area (Å²) in [4.78, 5) is 0. The predicted molar refractivity (Wildman–Crippen MR) is 50.4 cm³/mol. The van der Waals surface area contributed by atoms with Gasteiger partial charge in [0.1, 0.15) is 18.1 Å². The van der Waals surface area contributed by atoms with Crippen LogP contribution in [0.1, 0.15) is 0 Å². The molecule has 0 aliphatic rings. The van der Waals surface area contributed by atoms with Crippen molar-refractivity contribution in [2.75, 3.05) is 13.2 Å². The summed E-state index contributed by atoms with van der Waals surface area (Å²) in [5, 5.41) is 9.14. The molecule has 0 heterocycles. The Bertz CT molecular complexity index is 265. The number of rotatable bonds is 3. The standard InChI is InChI=1S/C8H10BrNO2/c9-7-5-6(12-4-3-10)1-2-8(7)11/h1-2,5,11H,3-4,10H2. The summed E-state index contributed by atoms with van der Waals surface area (Å²) in [5.41, 5.74) is 5.26. The number of nitrogens with two attached hydrogens (primary N) is 1.